The fraction of sp³-hybridized carbons (Fsp3) is 0.273. The van der Waals surface area contributed by atoms with Gasteiger partial charge in [-0.1, -0.05) is 23.7 Å². The Morgan fingerprint density at radius 3 is 2.94 bits per heavy atom. The number of halogens is 2. The highest BCUT2D eigenvalue weighted by molar-refractivity contribution is 6.31. The Bertz CT molecular complexity index is 538. The van der Waals surface area contributed by atoms with E-state index in [1.54, 1.807) is 4.68 Å². The molecule has 0 atom stereocenters. The van der Waals surface area contributed by atoms with Gasteiger partial charge in [0.05, 0.1) is 12.2 Å². The van der Waals surface area contributed by atoms with E-state index in [0.717, 1.165) is 5.69 Å². The molecular weight excluding hydrogens is 243 g/mol. The van der Waals surface area contributed by atoms with Crippen LogP contribution in [0.4, 0.5) is 10.2 Å². The van der Waals surface area contributed by atoms with E-state index in [-0.39, 0.29) is 5.82 Å². The summed E-state index contributed by atoms with van der Waals surface area (Å²) in [6.45, 7) is 2.32. The van der Waals surface area contributed by atoms with E-state index < -0.39 is 0 Å². The first kappa shape index (κ1) is 11.9. The van der Waals surface area contributed by atoms with Gasteiger partial charge in [-0.15, -0.1) is 5.10 Å². The minimum atomic E-state index is -0.324. The summed E-state index contributed by atoms with van der Waals surface area (Å²) in [5.41, 5.74) is 7.15. The molecule has 0 aliphatic rings. The molecule has 2 N–H and O–H groups in total. The lowest BCUT2D eigenvalue weighted by Crippen LogP contribution is -2.07. The summed E-state index contributed by atoms with van der Waals surface area (Å²) in [5, 5.41) is 8.21. The van der Waals surface area contributed by atoms with E-state index in [4.69, 9.17) is 17.3 Å². The normalized spacial score (nSPS) is 10.8. The van der Waals surface area contributed by atoms with Gasteiger partial charge in [0.15, 0.2) is 5.82 Å². The third-order valence-electron chi connectivity index (χ3n) is 2.53. The van der Waals surface area contributed by atoms with Crippen LogP contribution in [0.25, 0.3) is 0 Å². The van der Waals surface area contributed by atoms with Crippen LogP contribution in [-0.4, -0.2) is 15.0 Å². The maximum absolute atomic E-state index is 13.1. The molecular formula is C11H12ClFN4. The molecule has 90 valence electrons. The number of nitrogens with two attached hydrogens (primary N) is 1. The molecule has 1 heterocycles. The van der Waals surface area contributed by atoms with Crippen LogP contribution in [0.1, 0.15) is 18.2 Å². The molecule has 17 heavy (non-hydrogen) atoms. The van der Waals surface area contributed by atoms with Crippen LogP contribution in [0.2, 0.25) is 5.02 Å². The van der Waals surface area contributed by atoms with E-state index in [1.165, 1.54) is 18.2 Å². The lowest BCUT2D eigenvalue weighted by atomic mass is 10.2. The zero-order chi connectivity index (χ0) is 12.4. The lowest BCUT2D eigenvalue weighted by molar-refractivity contribution is 0.604. The Kier molecular flexibility index (Phi) is 3.28. The number of rotatable bonds is 3. The molecule has 4 nitrogen and oxygen atoms in total. The van der Waals surface area contributed by atoms with Gasteiger partial charge >= 0.3 is 0 Å². The highest BCUT2D eigenvalue weighted by atomic mass is 35.5. The summed E-state index contributed by atoms with van der Waals surface area (Å²) in [7, 11) is 0. The first-order valence-electron chi connectivity index (χ1n) is 5.23. The van der Waals surface area contributed by atoms with Gasteiger partial charge < -0.3 is 5.73 Å². The molecule has 0 aliphatic carbocycles. The molecule has 0 unspecified atom stereocenters. The summed E-state index contributed by atoms with van der Waals surface area (Å²) >= 11 is 5.99. The number of nitrogen functional groups attached to an aromatic ring is 1. The predicted molar refractivity (Wildman–Crippen MR) is 64.3 cm³/mol. The van der Waals surface area contributed by atoms with Gasteiger partial charge in [0.2, 0.25) is 0 Å². The van der Waals surface area contributed by atoms with Gasteiger partial charge in [0, 0.05) is 5.02 Å². The number of anilines is 1. The molecule has 2 rings (SSSR count). The van der Waals surface area contributed by atoms with Crippen LogP contribution in [0, 0.1) is 5.82 Å². The Morgan fingerprint density at radius 2 is 2.24 bits per heavy atom. The SMILES string of the molecule is CCc1c(N)nnn1Cc1cc(F)ccc1Cl. The maximum Gasteiger partial charge on any atom is 0.169 e. The second-order valence-electron chi connectivity index (χ2n) is 3.67. The minimum absolute atomic E-state index is 0.324. The summed E-state index contributed by atoms with van der Waals surface area (Å²) in [6, 6.07) is 4.24. The maximum atomic E-state index is 13.1. The monoisotopic (exact) mass is 254 g/mol. The summed E-state index contributed by atoms with van der Waals surface area (Å²) in [4.78, 5) is 0. The van der Waals surface area contributed by atoms with Crippen molar-refractivity contribution in [3.05, 3.63) is 40.3 Å². The fourth-order valence-electron chi connectivity index (χ4n) is 1.66. The molecule has 0 fully saturated rings. The number of benzene rings is 1. The summed E-state index contributed by atoms with van der Waals surface area (Å²) in [5.74, 6) is 0.0792. The standard InChI is InChI=1S/C11H12ClFN4/c1-2-10-11(14)15-16-17(10)6-7-5-8(13)3-4-9(7)12/h3-5H,2,6,14H2,1H3. The Morgan fingerprint density at radius 1 is 1.47 bits per heavy atom. The van der Waals surface area contributed by atoms with Crippen LogP contribution in [0.15, 0.2) is 18.2 Å². The molecule has 6 heteroatoms. The van der Waals surface area contributed by atoms with Crippen LogP contribution < -0.4 is 5.73 Å². The van der Waals surface area contributed by atoms with Crippen LogP contribution in [-0.2, 0) is 13.0 Å². The smallest absolute Gasteiger partial charge is 0.169 e. The summed E-state index contributed by atoms with van der Waals surface area (Å²) < 4.78 is 14.7. The van der Waals surface area contributed by atoms with Gasteiger partial charge in [-0.2, -0.15) is 0 Å². The van der Waals surface area contributed by atoms with Crippen molar-refractivity contribution in [1.29, 1.82) is 0 Å². The Balaban J connectivity index is 2.34. The quantitative estimate of drug-likeness (QED) is 0.914. The van der Waals surface area contributed by atoms with Crippen molar-refractivity contribution >= 4 is 17.4 Å². The highest BCUT2D eigenvalue weighted by Crippen LogP contribution is 2.19. The topological polar surface area (TPSA) is 56.7 Å². The Hall–Kier alpha value is -1.62. The fourth-order valence-corrected chi connectivity index (χ4v) is 1.84. The minimum Gasteiger partial charge on any atom is -0.381 e. The molecule has 0 amide bonds. The van der Waals surface area contributed by atoms with E-state index in [9.17, 15) is 4.39 Å². The third-order valence-corrected chi connectivity index (χ3v) is 2.90. The molecule has 0 saturated carbocycles. The largest absolute Gasteiger partial charge is 0.381 e. The van der Waals surface area contributed by atoms with Crippen molar-refractivity contribution in [2.75, 3.05) is 5.73 Å². The van der Waals surface area contributed by atoms with Crippen molar-refractivity contribution in [3.63, 3.8) is 0 Å². The second-order valence-corrected chi connectivity index (χ2v) is 4.08. The first-order chi connectivity index (χ1) is 8.11. The molecule has 1 aromatic carbocycles. The molecule has 0 bridgehead atoms. The van der Waals surface area contributed by atoms with Crippen molar-refractivity contribution in [2.24, 2.45) is 0 Å². The number of hydrogen-bond donors (Lipinski definition) is 1. The third kappa shape index (κ3) is 2.39. The van der Waals surface area contributed by atoms with Gasteiger partial charge in [-0.05, 0) is 30.2 Å². The predicted octanol–water partition coefficient (Wildman–Crippen LogP) is 2.26. The van der Waals surface area contributed by atoms with E-state index in [1.807, 2.05) is 6.92 Å². The van der Waals surface area contributed by atoms with Crippen LogP contribution in [0.5, 0.6) is 0 Å². The lowest BCUT2D eigenvalue weighted by Gasteiger charge is -2.07. The van der Waals surface area contributed by atoms with Gasteiger partial charge in [0.25, 0.3) is 0 Å². The van der Waals surface area contributed by atoms with E-state index in [0.29, 0.717) is 29.4 Å². The highest BCUT2D eigenvalue weighted by Gasteiger charge is 2.10. The van der Waals surface area contributed by atoms with Crippen molar-refractivity contribution in [2.45, 2.75) is 19.9 Å². The van der Waals surface area contributed by atoms with Gasteiger partial charge in [0.1, 0.15) is 5.82 Å². The summed E-state index contributed by atoms with van der Waals surface area (Å²) in [6.07, 6.45) is 0.714. The molecule has 0 saturated heterocycles. The zero-order valence-electron chi connectivity index (χ0n) is 9.32. The molecule has 0 aliphatic heterocycles. The molecule has 1 aromatic heterocycles. The molecule has 0 radical (unpaired) electrons. The van der Waals surface area contributed by atoms with E-state index in [2.05, 4.69) is 10.3 Å². The van der Waals surface area contributed by atoms with Crippen molar-refractivity contribution in [3.8, 4) is 0 Å². The van der Waals surface area contributed by atoms with Gasteiger partial charge in [-0.25, -0.2) is 9.07 Å². The van der Waals surface area contributed by atoms with Gasteiger partial charge in [-0.3, -0.25) is 0 Å². The number of hydrogen-bond acceptors (Lipinski definition) is 3. The first-order valence-corrected chi connectivity index (χ1v) is 5.61. The van der Waals surface area contributed by atoms with Crippen LogP contribution >= 0.6 is 11.6 Å². The Labute approximate surface area is 103 Å². The second kappa shape index (κ2) is 4.71. The van der Waals surface area contributed by atoms with Crippen LogP contribution in [0.3, 0.4) is 0 Å². The van der Waals surface area contributed by atoms with Crippen molar-refractivity contribution in [1.82, 2.24) is 15.0 Å². The van der Waals surface area contributed by atoms with Crippen molar-refractivity contribution < 1.29 is 4.39 Å². The molecule has 0 spiro atoms. The number of aromatic nitrogens is 3. The zero-order valence-corrected chi connectivity index (χ0v) is 10.1. The van der Waals surface area contributed by atoms with E-state index >= 15 is 0 Å². The number of nitrogens with zero attached hydrogens (tertiary/aromatic N) is 3. The average Bonchev–Trinajstić information content (AvgIpc) is 2.64. The average molecular weight is 255 g/mol. The molecule has 2 aromatic rings.